The fourth-order valence-electron chi connectivity index (χ4n) is 2.16. The van der Waals surface area contributed by atoms with Gasteiger partial charge >= 0.3 is 0 Å². The smallest absolute Gasteiger partial charge is 0.271 e. The highest BCUT2D eigenvalue weighted by molar-refractivity contribution is 5.92. The molecule has 0 aliphatic carbocycles. The lowest BCUT2D eigenvalue weighted by Gasteiger charge is -2.23. The van der Waals surface area contributed by atoms with Crippen LogP contribution in [0.2, 0.25) is 0 Å². The van der Waals surface area contributed by atoms with Crippen LogP contribution < -0.4 is 5.32 Å². The minimum absolute atomic E-state index is 0.122. The zero-order chi connectivity index (χ0) is 16.2. The first-order valence-corrected chi connectivity index (χ1v) is 7.54. The predicted molar refractivity (Wildman–Crippen MR) is 84.7 cm³/mol. The van der Waals surface area contributed by atoms with Crippen LogP contribution in [0.3, 0.4) is 0 Å². The molecule has 1 rings (SSSR count). The number of ether oxygens (including phenoxy) is 1. The standard InChI is InChI=1S/C16H29N3O2/c1-11(2)14-8-13(18-19(14)16(4,5)6)15(20)17-9-12(3)10-21-7/h8,11-12H,9-10H2,1-7H3,(H,17,20)/t12-/m0/s1. The first-order valence-electron chi connectivity index (χ1n) is 7.54. The van der Waals surface area contributed by atoms with E-state index < -0.39 is 0 Å². The topological polar surface area (TPSA) is 56.1 Å². The lowest BCUT2D eigenvalue weighted by Crippen LogP contribution is -2.31. The first-order chi connectivity index (χ1) is 9.66. The van der Waals surface area contributed by atoms with Gasteiger partial charge in [0, 0.05) is 19.3 Å². The maximum atomic E-state index is 12.2. The minimum Gasteiger partial charge on any atom is -0.384 e. The van der Waals surface area contributed by atoms with Gasteiger partial charge in [0.2, 0.25) is 0 Å². The Morgan fingerprint density at radius 2 is 2.00 bits per heavy atom. The van der Waals surface area contributed by atoms with Gasteiger partial charge in [-0.3, -0.25) is 9.48 Å². The lowest BCUT2D eigenvalue weighted by atomic mass is 10.1. The summed E-state index contributed by atoms with van der Waals surface area (Å²) < 4.78 is 7.02. The van der Waals surface area contributed by atoms with Gasteiger partial charge in [0.1, 0.15) is 5.69 Å². The van der Waals surface area contributed by atoms with Crippen molar-refractivity contribution in [3.8, 4) is 0 Å². The molecule has 0 spiro atoms. The van der Waals surface area contributed by atoms with E-state index in [1.807, 2.05) is 17.7 Å². The highest BCUT2D eigenvalue weighted by Gasteiger charge is 2.23. The maximum Gasteiger partial charge on any atom is 0.271 e. The van der Waals surface area contributed by atoms with Crippen molar-refractivity contribution in [2.75, 3.05) is 20.3 Å². The van der Waals surface area contributed by atoms with Gasteiger partial charge in [-0.15, -0.1) is 0 Å². The number of nitrogens with zero attached hydrogens (tertiary/aromatic N) is 2. The number of nitrogens with one attached hydrogen (secondary N) is 1. The van der Waals surface area contributed by atoms with Crippen LogP contribution in [-0.4, -0.2) is 35.9 Å². The maximum absolute atomic E-state index is 12.2. The van der Waals surface area contributed by atoms with Crippen molar-refractivity contribution < 1.29 is 9.53 Å². The number of methoxy groups -OCH3 is 1. The van der Waals surface area contributed by atoms with Crippen LogP contribution in [0.4, 0.5) is 0 Å². The number of hydrogen-bond acceptors (Lipinski definition) is 3. The summed E-state index contributed by atoms with van der Waals surface area (Å²) >= 11 is 0. The van der Waals surface area contributed by atoms with E-state index in [9.17, 15) is 4.79 Å². The fraction of sp³-hybridized carbons (Fsp3) is 0.750. The van der Waals surface area contributed by atoms with Crippen LogP contribution in [0.5, 0.6) is 0 Å². The molecule has 0 radical (unpaired) electrons. The Labute approximate surface area is 128 Å². The van der Waals surface area contributed by atoms with Crippen LogP contribution in [0.15, 0.2) is 6.07 Å². The zero-order valence-corrected chi connectivity index (χ0v) is 14.4. The van der Waals surface area contributed by atoms with Gasteiger partial charge in [0.25, 0.3) is 5.91 Å². The highest BCUT2D eigenvalue weighted by atomic mass is 16.5. The Morgan fingerprint density at radius 1 is 1.38 bits per heavy atom. The average Bonchev–Trinajstić information content (AvgIpc) is 2.81. The largest absolute Gasteiger partial charge is 0.384 e. The number of hydrogen-bond donors (Lipinski definition) is 1. The van der Waals surface area contributed by atoms with Gasteiger partial charge in [-0.2, -0.15) is 5.10 Å². The lowest BCUT2D eigenvalue weighted by molar-refractivity contribution is 0.0927. The molecular formula is C16H29N3O2. The van der Waals surface area contributed by atoms with Crippen molar-refractivity contribution in [2.24, 2.45) is 5.92 Å². The van der Waals surface area contributed by atoms with Gasteiger partial charge in [-0.1, -0.05) is 20.8 Å². The third-order valence-electron chi connectivity index (χ3n) is 3.26. The summed E-state index contributed by atoms with van der Waals surface area (Å²) in [5.41, 5.74) is 1.43. The van der Waals surface area contributed by atoms with E-state index in [4.69, 9.17) is 4.74 Å². The Balaban J connectivity index is 2.86. The predicted octanol–water partition coefficient (Wildman–Crippen LogP) is 2.77. The normalized spacial score (nSPS) is 13.5. The quantitative estimate of drug-likeness (QED) is 0.878. The Hall–Kier alpha value is -1.36. The second-order valence-corrected chi connectivity index (χ2v) is 6.96. The van der Waals surface area contributed by atoms with E-state index in [-0.39, 0.29) is 17.4 Å². The van der Waals surface area contributed by atoms with Crippen molar-refractivity contribution in [1.29, 1.82) is 0 Å². The molecule has 0 unspecified atom stereocenters. The monoisotopic (exact) mass is 295 g/mol. The van der Waals surface area contributed by atoms with Crippen LogP contribution >= 0.6 is 0 Å². The zero-order valence-electron chi connectivity index (χ0n) is 14.4. The van der Waals surface area contributed by atoms with E-state index in [0.29, 0.717) is 24.8 Å². The molecule has 1 heterocycles. The Bertz CT molecular complexity index is 472. The third kappa shape index (κ3) is 4.84. The minimum atomic E-state index is -0.137. The molecule has 5 heteroatoms. The van der Waals surface area contributed by atoms with Crippen LogP contribution in [0.25, 0.3) is 0 Å². The number of rotatable bonds is 6. The number of aromatic nitrogens is 2. The molecule has 0 aliphatic rings. The van der Waals surface area contributed by atoms with E-state index in [2.05, 4.69) is 45.0 Å². The van der Waals surface area contributed by atoms with E-state index in [1.165, 1.54) is 0 Å². The van der Waals surface area contributed by atoms with Gasteiger partial charge < -0.3 is 10.1 Å². The molecular weight excluding hydrogens is 266 g/mol. The molecule has 0 aromatic carbocycles. The fourth-order valence-corrected chi connectivity index (χ4v) is 2.16. The van der Waals surface area contributed by atoms with Gasteiger partial charge in [-0.05, 0) is 38.7 Å². The molecule has 1 amide bonds. The Morgan fingerprint density at radius 3 is 2.43 bits per heavy atom. The summed E-state index contributed by atoms with van der Waals surface area (Å²) in [5.74, 6) is 0.488. The van der Waals surface area contributed by atoms with E-state index >= 15 is 0 Å². The van der Waals surface area contributed by atoms with Crippen molar-refractivity contribution in [1.82, 2.24) is 15.1 Å². The van der Waals surface area contributed by atoms with Gasteiger partial charge in [0.15, 0.2) is 0 Å². The molecule has 0 aliphatic heterocycles. The first kappa shape index (κ1) is 17.7. The summed E-state index contributed by atoms with van der Waals surface area (Å²) in [7, 11) is 1.66. The summed E-state index contributed by atoms with van der Waals surface area (Å²) in [6, 6.07) is 1.90. The average molecular weight is 295 g/mol. The number of amides is 1. The molecule has 0 saturated carbocycles. The molecule has 1 aromatic heterocycles. The molecule has 1 N–H and O–H groups in total. The van der Waals surface area contributed by atoms with Crippen LogP contribution in [0, 0.1) is 5.92 Å². The summed E-state index contributed by atoms with van der Waals surface area (Å²) in [6.07, 6.45) is 0. The SMILES string of the molecule is COC[C@@H](C)CNC(=O)c1cc(C(C)C)n(C(C)(C)C)n1. The van der Waals surface area contributed by atoms with Crippen molar-refractivity contribution in [3.05, 3.63) is 17.5 Å². The van der Waals surface area contributed by atoms with Gasteiger partial charge in [-0.25, -0.2) is 0 Å². The Kier molecular flexibility index (Phi) is 5.96. The van der Waals surface area contributed by atoms with Crippen molar-refractivity contribution in [2.45, 2.75) is 53.0 Å². The molecule has 21 heavy (non-hydrogen) atoms. The third-order valence-corrected chi connectivity index (χ3v) is 3.26. The second-order valence-electron chi connectivity index (χ2n) is 6.96. The number of carbonyl (C=O) groups excluding carboxylic acids is 1. The van der Waals surface area contributed by atoms with Gasteiger partial charge in [0.05, 0.1) is 12.1 Å². The van der Waals surface area contributed by atoms with E-state index in [1.54, 1.807) is 7.11 Å². The summed E-state index contributed by atoms with van der Waals surface area (Å²) in [5, 5.41) is 7.42. The summed E-state index contributed by atoms with van der Waals surface area (Å²) in [6.45, 7) is 13.8. The van der Waals surface area contributed by atoms with Crippen LogP contribution in [0.1, 0.15) is 63.6 Å². The molecule has 1 aromatic rings. The van der Waals surface area contributed by atoms with Crippen molar-refractivity contribution >= 4 is 5.91 Å². The molecule has 120 valence electrons. The molecule has 0 bridgehead atoms. The van der Waals surface area contributed by atoms with Crippen LogP contribution in [-0.2, 0) is 10.3 Å². The van der Waals surface area contributed by atoms with Crippen molar-refractivity contribution in [3.63, 3.8) is 0 Å². The number of carbonyl (C=O) groups is 1. The molecule has 0 fully saturated rings. The molecule has 1 atom stereocenters. The van der Waals surface area contributed by atoms with E-state index in [0.717, 1.165) is 5.69 Å². The molecule has 5 nitrogen and oxygen atoms in total. The summed E-state index contributed by atoms with van der Waals surface area (Å²) in [4.78, 5) is 12.2. The highest BCUT2D eigenvalue weighted by Crippen LogP contribution is 2.23. The second kappa shape index (κ2) is 7.07. The molecule has 0 saturated heterocycles.